The van der Waals surface area contributed by atoms with E-state index < -0.39 is 0 Å². The average molecular weight is 415 g/mol. The van der Waals surface area contributed by atoms with E-state index in [2.05, 4.69) is 10.2 Å². The Morgan fingerprint density at radius 1 is 0.967 bits per heavy atom. The zero-order valence-corrected chi connectivity index (χ0v) is 17.2. The second-order valence-corrected chi connectivity index (χ2v) is 6.93. The van der Waals surface area contributed by atoms with E-state index in [1.165, 1.54) is 38.5 Å². The minimum absolute atomic E-state index is 0.117. The average Bonchev–Trinajstić information content (AvgIpc) is 2.78. The van der Waals surface area contributed by atoms with Gasteiger partial charge < -0.3 is 19.7 Å². The molecule has 1 fully saturated rings. The fraction of sp³-hybridized carbons (Fsp3) is 0.364. The van der Waals surface area contributed by atoms with Crippen LogP contribution in [0.4, 0.5) is 4.39 Å². The van der Waals surface area contributed by atoms with Gasteiger partial charge in [0.1, 0.15) is 22.9 Å². The van der Waals surface area contributed by atoms with E-state index in [9.17, 15) is 14.0 Å². The number of methoxy groups -OCH3 is 2. The van der Waals surface area contributed by atoms with Gasteiger partial charge in [0.25, 0.3) is 11.8 Å². The van der Waals surface area contributed by atoms with Crippen LogP contribution in [0.3, 0.4) is 0 Å². The minimum Gasteiger partial charge on any atom is -0.496 e. The fourth-order valence-electron chi connectivity index (χ4n) is 3.43. The molecule has 160 valence electrons. The number of nitrogens with one attached hydrogen (secondary N) is 1. The van der Waals surface area contributed by atoms with Crippen molar-refractivity contribution in [3.05, 3.63) is 59.4 Å². The van der Waals surface area contributed by atoms with Crippen LogP contribution < -0.4 is 14.8 Å². The van der Waals surface area contributed by atoms with Gasteiger partial charge in [0.2, 0.25) is 0 Å². The third-order valence-electron chi connectivity index (χ3n) is 5.12. The van der Waals surface area contributed by atoms with E-state index in [-0.39, 0.29) is 17.6 Å². The number of carbonyl (C=O) groups excluding carboxylic acids is 2. The molecule has 0 aliphatic carbocycles. The number of amides is 2. The van der Waals surface area contributed by atoms with Crippen LogP contribution >= 0.6 is 0 Å². The van der Waals surface area contributed by atoms with Crippen LogP contribution in [0.2, 0.25) is 0 Å². The van der Waals surface area contributed by atoms with Crippen molar-refractivity contribution in [2.45, 2.75) is 0 Å². The molecule has 2 aromatic carbocycles. The van der Waals surface area contributed by atoms with Crippen LogP contribution in [0, 0.1) is 5.82 Å². The summed E-state index contributed by atoms with van der Waals surface area (Å²) in [6.45, 7) is 3.71. The number of rotatable bonds is 7. The molecule has 1 aliphatic rings. The summed E-state index contributed by atoms with van der Waals surface area (Å²) in [6, 6.07) is 10.7. The molecule has 0 radical (unpaired) electrons. The van der Waals surface area contributed by atoms with Gasteiger partial charge in [-0.3, -0.25) is 14.5 Å². The van der Waals surface area contributed by atoms with E-state index in [0.717, 1.165) is 0 Å². The monoisotopic (exact) mass is 415 g/mol. The molecule has 1 N–H and O–H groups in total. The lowest BCUT2D eigenvalue weighted by Crippen LogP contribution is -2.50. The van der Waals surface area contributed by atoms with Crippen LogP contribution in [0.1, 0.15) is 20.7 Å². The summed E-state index contributed by atoms with van der Waals surface area (Å²) in [6.07, 6.45) is 0. The molecule has 0 atom stereocenters. The standard InChI is InChI=1S/C22H26FN3O4/c1-29-18-4-3-5-19(30-2)20(18)22(28)26-14-12-25(13-15-26)11-10-24-21(27)16-6-8-17(23)9-7-16/h3-9H,10-15H2,1-2H3,(H,24,27). The number of ether oxygens (including phenoxy) is 2. The molecule has 0 saturated carbocycles. The largest absolute Gasteiger partial charge is 0.496 e. The Morgan fingerprint density at radius 2 is 1.57 bits per heavy atom. The Balaban J connectivity index is 1.49. The van der Waals surface area contributed by atoms with Crippen molar-refractivity contribution in [2.75, 3.05) is 53.5 Å². The minimum atomic E-state index is -0.371. The van der Waals surface area contributed by atoms with Crippen LogP contribution in [0.25, 0.3) is 0 Å². The molecule has 8 heteroatoms. The lowest BCUT2D eigenvalue weighted by Gasteiger charge is -2.35. The van der Waals surface area contributed by atoms with Gasteiger partial charge in [-0.2, -0.15) is 0 Å². The second kappa shape index (κ2) is 10.1. The number of hydrogen-bond donors (Lipinski definition) is 1. The van der Waals surface area contributed by atoms with Crippen LogP contribution in [0.15, 0.2) is 42.5 Å². The highest BCUT2D eigenvalue weighted by Gasteiger charge is 2.27. The van der Waals surface area contributed by atoms with Gasteiger partial charge >= 0.3 is 0 Å². The first-order chi connectivity index (χ1) is 14.5. The van der Waals surface area contributed by atoms with Crippen molar-refractivity contribution in [3.8, 4) is 11.5 Å². The maximum atomic E-state index is 13.0. The summed E-state index contributed by atoms with van der Waals surface area (Å²) in [7, 11) is 3.06. The summed E-state index contributed by atoms with van der Waals surface area (Å²) in [5, 5.41) is 2.84. The maximum Gasteiger partial charge on any atom is 0.261 e. The Bertz CT molecular complexity index is 858. The van der Waals surface area contributed by atoms with Gasteiger partial charge in [-0.25, -0.2) is 4.39 Å². The summed E-state index contributed by atoms with van der Waals surface area (Å²) < 4.78 is 23.6. The zero-order chi connectivity index (χ0) is 21.5. The van der Waals surface area contributed by atoms with Gasteiger partial charge in [0.15, 0.2) is 0 Å². The number of hydrogen-bond acceptors (Lipinski definition) is 5. The van der Waals surface area contributed by atoms with Gasteiger partial charge in [-0.05, 0) is 36.4 Å². The molecule has 7 nitrogen and oxygen atoms in total. The molecular weight excluding hydrogens is 389 g/mol. The second-order valence-electron chi connectivity index (χ2n) is 6.93. The molecule has 1 saturated heterocycles. The third-order valence-corrected chi connectivity index (χ3v) is 5.12. The number of piperazine rings is 1. The molecule has 1 heterocycles. The molecule has 0 spiro atoms. The smallest absolute Gasteiger partial charge is 0.261 e. The molecular formula is C22H26FN3O4. The van der Waals surface area contributed by atoms with Crippen molar-refractivity contribution in [1.29, 1.82) is 0 Å². The Morgan fingerprint density at radius 3 is 2.13 bits per heavy atom. The van der Waals surface area contributed by atoms with Crippen molar-refractivity contribution < 1.29 is 23.5 Å². The van der Waals surface area contributed by atoms with E-state index in [1.807, 2.05) is 0 Å². The Hall–Kier alpha value is -3.13. The molecule has 0 aromatic heterocycles. The summed E-state index contributed by atoms with van der Waals surface area (Å²) in [5.41, 5.74) is 0.861. The van der Waals surface area contributed by atoms with Crippen LogP contribution in [0.5, 0.6) is 11.5 Å². The van der Waals surface area contributed by atoms with E-state index in [4.69, 9.17) is 9.47 Å². The summed E-state index contributed by atoms with van der Waals surface area (Å²) in [5.74, 6) is 0.265. The highest BCUT2D eigenvalue weighted by molar-refractivity contribution is 5.99. The molecule has 1 aliphatic heterocycles. The number of carbonyl (C=O) groups is 2. The van der Waals surface area contributed by atoms with Gasteiger partial charge in [-0.15, -0.1) is 0 Å². The predicted octanol–water partition coefficient (Wildman–Crippen LogP) is 2.03. The Labute approximate surface area is 175 Å². The normalized spacial score (nSPS) is 14.3. The first-order valence-corrected chi connectivity index (χ1v) is 9.80. The molecule has 3 rings (SSSR count). The molecule has 0 bridgehead atoms. The lowest BCUT2D eigenvalue weighted by molar-refractivity contribution is 0.0631. The SMILES string of the molecule is COc1cccc(OC)c1C(=O)N1CCN(CCNC(=O)c2ccc(F)cc2)CC1. The molecule has 2 aromatic rings. The van der Waals surface area contributed by atoms with Crippen molar-refractivity contribution in [3.63, 3.8) is 0 Å². The molecule has 2 amide bonds. The predicted molar refractivity (Wildman–Crippen MR) is 111 cm³/mol. The fourth-order valence-corrected chi connectivity index (χ4v) is 3.43. The maximum absolute atomic E-state index is 13.0. The quantitative estimate of drug-likeness (QED) is 0.749. The van der Waals surface area contributed by atoms with Crippen LogP contribution in [-0.2, 0) is 0 Å². The van der Waals surface area contributed by atoms with E-state index in [1.54, 1.807) is 23.1 Å². The number of nitrogens with zero attached hydrogens (tertiary/aromatic N) is 2. The molecule has 30 heavy (non-hydrogen) atoms. The van der Waals surface area contributed by atoms with Crippen molar-refractivity contribution in [2.24, 2.45) is 0 Å². The van der Waals surface area contributed by atoms with Crippen LogP contribution in [-0.4, -0.2) is 75.1 Å². The van der Waals surface area contributed by atoms with Gasteiger partial charge in [-0.1, -0.05) is 6.07 Å². The van der Waals surface area contributed by atoms with Gasteiger partial charge in [0, 0.05) is 44.8 Å². The third kappa shape index (κ3) is 5.07. The van der Waals surface area contributed by atoms with Crippen molar-refractivity contribution in [1.82, 2.24) is 15.1 Å². The zero-order valence-electron chi connectivity index (χ0n) is 17.2. The lowest BCUT2D eigenvalue weighted by atomic mass is 10.1. The molecule has 0 unspecified atom stereocenters. The topological polar surface area (TPSA) is 71.1 Å². The van der Waals surface area contributed by atoms with E-state index >= 15 is 0 Å². The highest BCUT2D eigenvalue weighted by Crippen LogP contribution is 2.29. The first kappa shape index (κ1) is 21.6. The van der Waals surface area contributed by atoms with Gasteiger partial charge in [0.05, 0.1) is 14.2 Å². The summed E-state index contributed by atoms with van der Waals surface area (Å²) in [4.78, 5) is 29.1. The first-order valence-electron chi connectivity index (χ1n) is 9.80. The van der Waals surface area contributed by atoms with Crippen molar-refractivity contribution >= 4 is 11.8 Å². The number of benzene rings is 2. The highest BCUT2D eigenvalue weighted by atomic mass is 19.1. The Kier molecular flexibility index (Phi) is 7.24. The number of halogens is 1. The summed E-state index contributed by atoms with van der Waals surface area (Å²) >= 11 is 0. The van der Waals surface area contributed by atoms with E-state index in [0.29, 0.717) is 61.9 Å².